The van der Waals surface area contributed by atoms with Crippen molar-refractivity contribution in [2.24, 2.45) is 0 Å². The molecule has 1 N–H and O–H groups in total. The molecule has 1 amide bonds. The first kappa shape index (κ1) is 19.8. The Labute approximate surface area is 165 Å². The molecule has 1 unspecified atom stereocenters. The Hall–Kier alpha value is -2.94. The lowest BCUT2D eigenvalue weighted by molar-refractivity contribution is -0.386. The van der Waals surface area contributed by atoms with Crippen molar-refractivity contribution in [3.63, 3.8) is 0 Å². The van der Waals surface area contributed by atoms with Crippen LogP contribution >= 0.6 is 11.3 Å². The third-order valence-corrected chi connectivity index (χ3v) is 5.74. The quantitative estimate of drug-likeness (QED) is 0.446. The number of amides is 1. The van der Waals surface area contributed by atoms with Crippen molar-refractivity contribution < 1.29 is 24.0 Å². The number of esters is 1. The summed E-state index contributed by atoms with van der Waals surface area (Å²) in [7, 11) is 1.31. The van der Waals surface area contributed by atoms with Crippen molar-refractivity contribution in [3.8, 4) is 5.75 Å². The van der Waals surface area contributed by atoms with E-state index in [1.54, 1.807) is 6.07 Å². The molecule has 1 aromatic heterocycles. The number of hydrogen-bond acceptors (Lipinski definition) is 7. The number of nitro benzene ring substituents is 1. The van der Waals surface area contributed by atoms with Crippen LogP contribution in [0.25, 0.3) is 0 Å². The van der Waals surface area contributed by atoms with E-state index in [2.05, 4.69) is 5.32 Å². The smallest absolute Gasteiger partial charge is 0.341 e. The Balaban J connectivity index is 1.80. The molecule has 28 heavy (non-hydrogen) atoms. The number of benzene rings is 1. The number of anilines is 1. The summed E-state index contributed by atoms with van der Waals surface area (Å²) in [5, 5.41) is 14.3. The van der Waals surface area contributed by atoms with Gasteiger partial charge in [0.2, 0.25) is 0 Å². The van der Waals surface area contributed by atoms with Crippen LogP contribution in [0.2, 0.25) is 0 Å². The number of para-hydroxylation sites is 2. The second-order valence-corrected chi connectivity index (χ2v) is 7.49. The number of nitrogens with zero attached hydrogens (tertiary/aromatic N) is 1. The van der Waals surface area contributed by atoms with Gasteiger partial charge in [-0.25, -0.2) is 4.79 Å². The van der Waals surface area contributed by atoms with Crippen LogP contribution < -0.4 is 10.1 Å². The predicted octanol–water partition coefficient (Wildman–Crippen LogP) is 3.73. The Bertz CT molecular complexity index is 923. The molecule has 1 aliphatic carbocycles. The van der Waals surface area contributed by atoms with E-state index in [4.69, 9.17) is 9.47 Å². The van der Waals surface area contributed by atoms with Crippen molar-refractivity contribution in [3.05, 3.63) is 50.4 Å². The number of fused-ring (bicyclic) bond motifs is 1. The fraction of sp³-hybridized carbons (Fsp3) is 0.368. The van der Waals surface area contributed by atoms with Gasteiger partial charge in [0.05, 0.1) is 17.6 Å². The largest absolute Gasteiger partial charge is 0.474 e. The van der Waals surface area contributed by atoms with Gasteiger partial charge in [-0.3, -0.25) is 14.9 Å². The molecule has 2 aromatic rings. The molecular weight excluding hydrogens is 384 g/mol. The molecule has 0 aliphatic heterocycles. The Morgan fingerprint density at radius 1 is 1.25 bits per heavy atom. The van der Waals surface area contributed by atoms with Crippen molar-refractivity contribution in [1.82, 2.24) is 0 Å². The highest BCUT2D eigenvalue weighted by molar-refractivity contribution is 7.17. The van der Waals surface area contributed by atoms with Crippen molar-refractivity contribution in [1.29, 1.82) is 0 Å². The highest BCUT2D eigenvalue weighted by atomic mass is 32.1. The molecule has 0 saturated heterocycles. The molecule has 148 valence electrons. The zero-order valence-electron chi connectivity index (χ0n) is 15.5. The fourth-order valence-electron chi connectivity index (χ4n) is 3.14. The molecule has 0 fully saturated rings. The lowest BCUT2D eigenvalue weighted by Gasteiger charge is -2.15. The predicted molar refractivity (Wildman–Crippen MR) is 104 cm³/mol. The molecule has 0 bridgehead atoms. The third-order valence-electron chi connectivity index (χ3n) is 4.53. The van der Waals surface area contributed by atoms with Crippen molar-refractivity contribution >= 4 is 33.9 Å². The molecule has 0 saturated carbocycles. The Kier molecular flexibility index (Phi) is 5.93. The number of nitro groups is 1. The molecule has 3 rings (SSSR count). The third kappa shape index (κ3) is 3.99. The summed E-state index contributed by atoms with van der Waals surface area (Å²) in [5.41, 5.74) is 1.11. The molecule has 0 spiro atoms. The first-order valence-corrected chi connectivity index (χ1v) is 9.67. The lowest BCUT2D eigenvalue weighted by Crippen LogP contribution is -2.30. The number of aryl methyl sites for hydroxylation is 1. The van der Waals surface area contributed by atoms with E-state index >= 15 is 0 Å². The summed E-state index contributed by atoms with van der Waals surface area (Å²) in [6, 6.07) is 5.86. The standard InChI is InChI=1S/C19H20N2O6S/c1-11(27-14-9-5-4-8-13(14)21(24)25)17(22)20-18-16(19(23)26-2)12-7-3-6-10-15(12)28-18/h4-5,8-9,11H,3,6-7,10H2,1-2H3,(H,20,22). The van der Waals surface area contributed by atoms with E-state index < -0.39 is 22.9 Å². The van der Waals surface area contributed by atoms with Gasteiger partial charge in [0.25, 0.3) is 5.91 Å². The van der Waals surface area contributed by atoms with Crippen LogP contribution in [0.1, 0.15) is 40.6 Å². The fourth-order valence-corrected chi connectivity index (χ4v) is 4.42. The number of carbonyl (C=O) groups excluding carboxylic acids is 2. The maximum Gasteiger partial charge on any atom is 0.341 e. The zero-order chi connectivity index (χ0) is 20.3. The molecule has 1 heterocycles. The molecule has 8 nitrogen and oxygen atoms in total. The summed E-state index contributed by atoms with van der Waals surface area (Å²) in [6.07, 6.45) is 2.67. The Morgan fingerprint density at radius 3 is 2.68 bits per heavy atom. The highest BCUT2D eigenvalue weighted by Crippen LogP contribution is 2.38. The average Bonchev–Trinajstić information content (AvgIpc) is 3.05. The highest BCUT2D eigenvalue weighted by Gasteiger charge is 2.28. The van der Waals surface area contributed by atoms with Gasteiger partial charge in [0.15, 0.2) is 11.9 Å². The van der Waals surface area contributed by atoms with Crippen LogP contribution in [-0.4, -0.2) is 30.0 Å². The van der Waals surface area contributed by atoms with Gasteiger partial charge in [0.1, 0.15) is 5.00 Å². The topological polar surface area (TPSA) is 108 Å². The Morgan fingerprint density at radius 2 is 1.96 bits per heavy atom. The summed E-state index contributed by atoms with van der Waals surface area (Å²) in [6.45, 7) is 1.50. The molecular formula is C19H20N2O6S. The monoisotopic (exact) mass is 404 g/mol. The van der Waals surface area contributed by atoms with E-state index in [9.17, 15) is 19.7 Å². The van der Waals surface area contributed by atoms with Gasteiger partial charge in [-0.15, -0.1) is 11.3 Å². The number of hydrogen-bond donors (Lipinski definition) is 1. The first-order chi connectivity index (χ1) is 13.4. The molecule has 9 heteroatoms. The molecule has 0 radical (unpaired) electrons. The van der Waals surface area contributed by atoms with Crippen molar-refractivity contribution in [2.75, 3.05) is 12.4 Å². The van der Waals surface area contributed by atoms with Crippen LogP contribution in [-0.2, 0) is 22.4 Å². The number of rotatable bonds is 6. The van der Waals surface area contributed by atoms with Crippen LogP contribution in [0.4, 0.5) is 10.7 Å². The molecule has 1 atom stereocenters. The average molecular weight is 404 g/mol. The summed E-state index contributed by atoms with van der Waals surface area (Å²) >= 11 is 1.37. The van der Waals surface area contributed by atoms with E-state index in [-0.39, 0.29) is 11.4 Å². The van der Waals surface area contributed by atoms with E-state index in [1.165, 1.54) is 43.6 Å². The van der Waals surface area contributed by atoms with Gasteiger partial charge < -0.3 is 14.8 Å². The summed E-state index contributed by atoms with van der Waals surface area (Å²) in [4.78, 5) is 36.5. The minimum Gasteiger partial charge on any atom is -0.474 e. The summed E-state index contributed by atoms with van der Waals surface area (Å²) < 4.78 is 10.4. The zero-order valence-corrected chi connectivity index (χ0v) is 16.3. The van der Waals surface area contributed by atoms with Crippen LogP contribution in [0.5, 0.6) is 5.75 Å². The maximum atomic E-state index is 12.6. The van der Waals surface area contributed by atoms with Gasteiger partial charge >= 0.3 is 11.7 Å². The number of nitrogens with one attached hydrogen (secondary N) is 1. The van der Waals surface area contributed by atoms with Gasteiger partial charge in [0, 0.05) is 10.9 Å². The van der Waals surface area contributed by atoms with Crippen LogP contribution in [0, 0.1) is 10.1 Å². The van der Waals surface area contributed by atoms with Crippen LogP contribution in [0.3, 0.4) is 0 Å². The number of ether oxygens (including phenoxy) is 2. The SMILES string of the molecule is COC(=O)c1c(NC(=O)C(C)Oc2ccccc2[N+](=O)[O-])sc2c1CCCC2. The van der Waals surface area contributed by atoms with E-state index in [1.807, 2.05) is 0 Å². The van der Waals surface area contributed by atoms with Gasteiger partial charge in [-0.2, -0.15) is 0 Å². The maximum absolute atomic E-state index is 12.6. The van der Waals surface area contributed by atoms with E-state index in [0.717, 1.165) is 36.1 Å². The lowest BCUT2D eigenvalue weighted by atomic mass is 9.95. The van der Waals surface area contributed by atoms with Crippen LogP contribution in [0.15, 0.2) is 24.3 Å². The van der Waals surface area contributed by atoms with E-state index in [0.29, 0.717) is 10.6 Å². The normalized spacial score (nSPS) is 13.9. The second kappa shape index (κ2) is 8.39. The first-order valence-electron chi connectivity index (χ1n) is 8.86. The minimum absolute atomic E-state index is 0.00816. The number of methoxy groups -OCH3 is 1. The second-order valence-electron chi connectivity index (χ2n) is 6.38. The summed E-state index contributed by atoms with van der Waals surface area (Å²) in [5.74, 6) is -0.974. The molecule has 1 aromatic carbocycles. The minimum atomic E-state index is -0.995. The van der Waals surface area contributed by atoms with Gasteiger partial charge in [-0.05, 0) is 44.2 Å². The van der Waals surface area contributed by atoms with Gasteiger partial charge in [-0.1, -0.05) is 12.1 Å². The van der Waals surface area contributed by atoms with Crippen molar-refractivity contribution in [2.45, 2.75) is 38.7 Å². The number of thiophene rings is 1. The molecule has 1 aliphatic rings. The number of carbonyl (C=O) groups is 2.